The number of hydrogen-bond acceptors (Lipinski definition) is 8. The Hall–Kier alpha value is -3.60. The second kappa shape index (κ2) is 12.7. The van der Waals surface area contributed by atoms with E-state index >= 15 is 0 Å². The number of carbonyl (C=O) groups is 3. The van der Waals surface area contributed by atoms with Crippen molar-refractivity contribution in [3.05, 3.63) is 52.1 Å². The number of ether oxygens (including phenoxy) is 3. The third kappa shape index (κ3) is 6.11. The van der Waals surface area contributed by atoms with Gasteiger partial charge in [0.05, 0.1) is 53.7 Å². The summed E-state index contributed by atoms with van der Waals surface area (Å²) >= 11 is 3.23. The zero-order chi connectivity index (χ0) is 30.8. The molecule has 1 N–H and O–H groups in total. The van der Waals surface area contributed by atoms with Gasteiger partial charge in [0, 0.05) is 30.3 Å². The van der Waals surface area contributed by atoms with Crippen LogP contribution in [0.5, 0.6) is 11.5 Å². The number of benzene rings is 2. The summed E-state index contributed by atoms with van der Waals surface area (Å²) in [6, 6.07) is 6.76. The molecule has 0 saturated heterocycles. The van der Waals surface area contributed by atoms with E-state index in [-0.39, 0.29) is 29.6 Å². The Morgan fingerprint density at radius 1 is 1.14 bits per heavy atom. The molecule has 10 nitrogen and oxygen atoms in total. The number of amides is 1. The molecule has 226 valence electrons. The first-order valence-electron chi connectivity index (χ1n) is 14.2. The van der Waals surface area contributed by atoms with E-state index in [0.29, 0.717) is 67.1 Å². The molecule has 0 spiro atoms. The summed E-state index contributed by atoms with van der Waals surface area (Å²) in [5.41, 5.74) is 3.84. The summed E-state index contributed by atoms with van der Waals surface area (Å²) in [4.78, 5) is 43.0. The lowest BCUT2D eigenvalue weighted by Crippen LogP contribution is -2.45. The fourth-order valence-corrected chi connectivity index (χ4v) is 5.76. The Morgan fingerprint density at radius 3 is 2.50 bits per heavy atom. The molecule has 11 heteroatoms. The molecular weight excluding hydrogens is 604 g/mol. The molecule has 0 saturated carbocycles. The highest BCUT2D eigenvalue weighted by molar-refractivity contribution is 9.08. The van der Waals surface area contributed by atoms with E-state index in [9.17, 15) is 14.4 Å². The van der Waals surface area contributed by atoms with Crippen molar-refractivity contribution in [1.29, 1.82) is 0 Å². The smallest absolute Gasteiger partial charge is 0.328 e. The lowest BCUT2D eigenvalue weighted by atomic mass is 9.84. The molecule has 1 unspecified atom stereocenters. The highest BCUT2D eigenvalue weighted by Gasteiger charge is 2.35. The van der Waals surface area contributed by atoms with Crippen molar-refractivity contribution >= 4 is 45.3 Å². The number of fused-ring (bicyclic) bond motifs is 2. The number of hydrogen-bond donors (Lipinski definition) is 1. The van der Waals surface area contributed by atoms with Crippen molar-refractivity contribution in [2.45, 2.75) is 59.5 Å². The normalized spacial score (nSPS) is 16.0. The number of carbonyl (C=O) groups excluding carboxylic acids is 3. The predicted octanol–water partition coefficient (Wildman–Crippen LogP) is 4.65. The average Bonchev–Trinajstić information content (AvgIpc) is 3.30. The quantitative estimate of drug-likeness (QED) is 0.311. The van der Waals surface area contributed by atoms with E-state index in [1.165, 1.54) is 0 Å². The van der Waals surface area contributed by atoms with Crippen molar-refractivity contribution in [3.8, 4) is 11.5 Å². The van der Waals surface area contributed by atoms with Crippen LogP contribution in [0, 0.1) is 0 Å². The Labute approximate surface area is 255 Å². The lowest BCUT2D eigenvalue weighted by molar-refractivity contribution is -0.144. The third-order valence-corrected chi connectivity index (χ3v) is 7.81. The minimum atomic E-state index is -0.542. The molecule has 0 aliphatic carbocycles. The van der Waals surface area contributed by atoms with Crippen LogP contribution in [-0.4, -0.2) is 74.4 Å². The number of nitrogens with one attached hydrogen (secondary N) is 1. The Balaban J connectivity index is 1.70. The highest BCUT2D eigenvalue weighted by atomic mass is 79.9. The molecule has 42 heavy (non-hydrogen) atoms. The van der Waals surface area contributed by atoms with E-state index in [4.69, 9.17) is 14.2 Å². The van der Waals surface area contributed by atoms with Crippen molar-refractivity contribution < 1.29 is 28.6 Å². The van der Waals surface area contributed by atoms with E-state index in [2.05, 4.69) is 46.3 Å². The van der Waals surface area contributed by atoms with Gasteiger partial charge in [-0.25, -0.2) is 4.79 Å². The van der Waals surface area contributed by atoms with Crippen LogP contribution in [0.1, 0.15) is 78.9 Å². The molecule has 0 aromatic heterocycles. The monoisotopic (exact) mass is 642 g/mol. The summed E-state index contributed by atoms with van der Waals surface area (Å²) in [5, 5.41) is 2.66. The Kier molecular flexibility index (Phi) is 9.50. The molecule has 0 bridgehead atoms. The van der Waals surface area contributed by atoms with Crippen molar-refractivity contribution in [2.24, 2.45) is 4.02 Å². The largest absolute Gasteiger partial charge is 0.493 e. The van der Waals surface area contributed by atoms with Crippen LogP contribution in [0.15, 0.2) is 28.3 Å². The van der Waals surface area contributed by atoms with Gasteiger partial charge in [0.15, 0.2) is 5.78 Å². The SMILES string of the molecule is CCOC(=O)C(C)N1CCOc2c1cc(C(=O)CN1Cc3cc(OCC)c(C(=O)NC)cc3/C1=N/Br)cc2C(C)(C)C. The van der Waals surface area contributed by atoms with Gasteiger partial charge in [-0.2, -0.15) is 4.02 Å². The minimum Gasteiger partial charge on any atom is -0.493 e. The molecule has 2 aliphatic heterocycles. The molecule has 0 radical (unpaired) electrons. The summed E-state index contributed by atoms with van der Waals surface area (Å²) < 4.78 is 21.5. The van der Waals surface area contributed by atoms with Crippen molar-refractivity contribution in [1.82, 2.24) is 10.2 Å². The summed E-state index contributed by atoms with van der Waals surface area (Å²) in [6.45, 7) is 13.8. The number of Topliss-reactive ketones (excluding diaryl/α,β-unsaturated/α-hetero) is 1. The molecular formula is C31H39BrN4O6. The van der Waals surface area contributed by atoms with Gasteiger partial charge in [0.25, 0.3) is 5.91 Å². The number of nitrogens with zero attached hydrogens (tertiary/aromatic N) is 3. The molecule has 2 aromatic carbocycles. The van der Waals surface area contributed by atoms with Gasteiger partial charge in [-0.15, -0.1) is 0 Å². The van der Waals surface area contributed by atoms with Crippen LogP contribution in [0.25, 0.3) is 0 Å². The zero-order valence-electron chi connectivity index (χ0n) is 25.3. The topological polar surface area (TPSA) is 110 Å². The number of anilines is 1. The van der Waals surface area contributed by atoms with Gasteiger partial charge in [-0.1, -0.05) is 20.8 Å². The summed E-state index contributed by atoms with van der Waals surface area (Å²) in [5.74, 6) is 1.02. The van der Waals surface area contributed by atoms with Gasteiger partial charge in [0.1, 0.15) is 30.0 Å². The molecule has 1 atom stereocenters. The van der Waals surface area contributed by atoms with Crippen LogP contribution in [0.2, 0.25) is 0 Å². The third-order valence-electron chi connectivity index (χ3n) is 7.48. The van der Waals surface area contributed by atoms with Gasteiger partial charge < -0.3 is 29.3 Å². The summed E-state index contributed by atoms with van der Waals surface area (Å²) in [6.07, 6.45) is 0. The van der Waals surface area contributed by atoms with Gasteiger partial charge in [-0.05, 0) is 56.0 Å². The highest BCUT2D eigenvalue weighted by Crippen LogP contribution is 2.43. The zero-order valence-corrected chi connectivity index (χ0v) is 26.9. The average molecular weight is 644 g/mol. The molecule has 2 aromatic rings. The minimum absolute atomic E-state index is 0.0506. The number of halogens is 1. The number of ketones is 1. The Bertz CT molecular complexity index is 1420. The maximum absolute atomic E-state index is 13.9. The van der Waals surface area contributed by atoms with Crippen LogP contribution >= 0.6 is 16.1 Å². The standard InChI is InChI=1S/C31H39BrN4O6/c1-8-40-26-14-20-16-35(28(34-32)21(20)15-22(26)29(38)33-7)17-25(37)19-12-23(31(4,5)6)27-24(13-19)36(10-11-42-27)18(3)30(39)41-9-2/h12-15,18H,8-11,16-17H2,1-7H3,(H,33,38)/b34-28-. The number of amidine groups is 1. The van der Waals surface area contributed by atoms with Crippen molar-refractivity contribution in [2.75, 3.05) is 44.9 Å². The first-order chi connectivity index (χ1) is 19.9. The second-order valence-electron chi connectivity index (χ2n) is 11.3. The fourth-order valence-electron chi connectivity index (χ4n) is 5.35. The molecule has 2 heterocycles. The van der Waals surface area contributed by atoms with Crippen LogP contribution in [-0.2, 0) is 21.5 Å². The van der Waals surface area contributed by atoms with E-state index in [1.54, 1.807) is 20.0 Å². The maximum Gasteiger partial charge on any atom is 0.328 e. The number of rotatable bonds is 9. The maximum atomic E-state index is 13.9. The van der Waals surface area contributed by atoms with Crippen LogP contribution < -0.4 is 19.7 Å². The first kappa shape index (κ1) is 31.3. The van der Waals surface area contributed by atoms with Gasteiger partial charge in [0.2, 0.25) is 0 Å². The van der Waals surface area contributed by atoms with E-state index < -0.39 is 6.04 Å². The van der Waals surface area contributed by atoms with E-state index in [1.807, 2.05) is 41.8 Å². The molecule has 2 aliphatic rings. The van der Waals surface area contributed by atoms with E-state index in [0.717, 1.165) is 16.7 Å². The van der Waals surface area contributed by atoms with Crippen LogP contribution in [0.4, 0.5) is 5.69 Å². The second-order valence-corrected chi connectivity index (χ2v) is 11.7. The molecule has 0 fully saturated rings. The van der Waals surface area contributed by atoms with Crippen molar-refractivity contribution in [3.63, 3.8) is 0 Å². The van der Waals surface area contributed by atoms with Gasteiger partial charge in [-0.3, -0.25) is 9.59 Å². The fraction of sp³-hybridized carbons (Fsp3) is 0.484. The van der Waals surface area contributed by atoms with Gasteiger partial charge >= 0.3 is 5.97 Å². The molecule has 1 amide bonds. The van der Waals surface area contributed by atoms with Crippen LogP contribution in [0.3, 0.4) is 0 Å². The first-order valence-corrected chi connectivity index (χ1v) is 14.9. The predicted molar refractivity (Wildman–Crippen MR) is 165 cm³/mol. The summed E-state index contributed by atoms with van der Waals surface area (Å²) in [7, 11) is 1.57. The number of esters is 1. The molecule has 4 rings (SSSR count). The lowest BCUT2D eigenvalue weighted by Gasteiger charge is -2.37. The Morgan fingerprint density at radius 2 is 1.88 bits per heavy atom.